The number of nitrogen functional groups attached to an aromatic ring is 1. The number of nitrogens with two attached hydrogens (primary N) is 2. The Balaban J connectivity index is 2.85. The van der Waals surface area contributed by atoms with Crippen LogP contribution in [0.4, 0.5) is 5.69 Å². The number of pyridine rings is 1. The largest absolute Gasteiger partial charge is 0.397 e. The van der Waals surface area contributed by atoms with E-state index in [0.29, 0.717) is 0 Å². The lowest BCUT2D eigenvalue weighted by Gasteiger charge is -2.19. The summed E-state index contributed by atoms with van der Waals surface area (Å²) in [6.07, 6.45) is 2.84. The third-order valence-electron chi connectivity index (χ3n) is 2.36. The molecule has 1 aromatic heterocycles. The van der Waals surface area contributed by atoms with Gasteiger partial charge in [-0.1, -0.05) is 13.8 Å². The lowest BCUT2D eigenvalue weighted by Crippen LogP contribution is -2.47. The summed E-state index contributed by atoms with van der Waals surface area (Å²) in [5.74, 6) is -1.08. The molecule has 0 aromatic carbocycles. The van der Waals surface area contributed by atoms with Crippen molar-refractivity contribution in [1.29, 1.82) is 0 Å². The molecule has 2 amide bonds. The van der Waals surface area contributed by atoms with Crippen LogP contribution in [-0.2, 0) is 4.79 Å². The van der Waals surface area contributed by atoms with Crippen molar-refractivity contribution in [3.05, 3.63) is 24.0 Å². The van der Waals surface area contributed by atoms with E-state index in [9.17, 15) is 9.59 Å². The van der Waals surface area contributed by atoms with E-state index in [2.05, 4.69) is 10.3 Å². The summed E-state index contributed by atoms with van der Waals surface area (Å²) in [5.41, 5.74) is 11.4. The van der Waals surface area contributed by atoms with Gasteiger partial charge < -0.3 is 16.8 Å². The number of hydrogen-bond acceptors (Lipinski definition) is 4. The van der Waals surface area contributed by atoms with E-state index in [1.165, 1.54) is 18.5 Å². The Morgan fingerprint density at radius 1 is 1.41 bits per heavy atom. The van der Waals surface area contributed by atoms with Crippen LogP contribution in [0.15, 0.2) is 18.5 Å². The van der Waals surface area contributed by atoms with Crippen molar-refractivity contribution in [2.75, 3.05) is 5.73 Å². The third kappa shape index (κ3) is 3.17. The predicted octanol–water partition coefficient (Wildman–Crippen LogP) is -0.0965. The van der Waals surface area contributed by atoms with Crippen LogP contribution in [0.2, 0.25) is 0 Å². The molecule has 5 N–H and O–H groups in total. The maximum absolute atomic E-state index is 11.9. The summed E-state index contributed by atoms with van der Waals surface area (Å²) in [7, 11) is 0. The summed E-state index contributed by atoms with van der Waals surface area (Å²) in [6.45, 7) is 3.59. The minimum Gasteiger partial charge on any atom is -0.397 e. The van der Waals surface area contributed by atoms with E-state index in [1.807, 2.05) is 0 Å². The van der Waals surface area contributed by atoms with Crippen molar-refractivity contribution >= 4 is 17.5 Å². The molecule has 1 aromatic rings. The minimum absolute atomic E-state index is 0.0838. The number of nitrogens with one attached hydrogen (secondary N) is 1. The molecule has 1 atom stereocenters. The molecule has 1 unspecified atom stereocenters. The maximum atomic E-state index is 11.9. The summed E-state index contributed by atoms with van der Waals surface area (Å²) < 4.78 is 0. The Labute approximate surface area is 99.4 Å². The minimum atomic E-state index is -0.713. The van der Waals surface area contributed by atoms with Crippen molar-refractivity contribution in [2.45, 2.75) is 19.9 Å². The highest BCUT2D eigenvalue weighted by atomic mass is 16.2. The van der Waals surface area contributed by atoms with Gasteiger partial charge in [-0.3, -0.25) is 14.6 Å². The van der Waals surface area contributed by atoms with Crippen LogP contribution >= 0.6 is 0 Å². The van der Waals surface area contributed by atoms with Gasteiger partial charge in [-0.15, -0.1) is 0 Å². The number of aromatic nitrogens is 1. The molecule has 1 rings (SSSR count). The fraction of sp³-hybridized carbons (Fsp3) is 0.364. The van der Waals surface area contributed by atoms with Gasteiger partial charge in [-0.25, -0.2) is 0 Å². The van der Waals surface area contributed by atoms with Crippen molar-refractivity contribution in [2.24, 2.45) is 11.7 Å². The van der Waals surface area contributed by atoms with Crippen LogP contribution in [-0.4, -0.2) is 22.8 Å². The Morgan fingerprint density at radius 3 is 2.53 bits per heavy atom. The van der Waals surface area contributed by atoms with E-state index in [4.69, 9.17) is 11.5 Å². The molecule has 0 saturated carbocycles. The van der Waals surface area contributed by atoms with Gasteiger partial charge in [0.25, 0.3) is 5.91 Å². The van der Waals surface area contributed by atoms with Crippen molar-refractivity contribution in [3.63, 3.8) is 0 Å². The molecule has 0 saturated heterocycles. The van der Waals surface area contributed by atoms with Gasteiger partial charge >= 0.3 is 0 Å². The van der Waals surface area contributed by atoms with Gasteiger partial charge in [0.1, 0.15) is 6.04 Å². The Kier molecular flexibility index (Phi) is 4.03. The number of rotatable bonds is 4. The van der Waals surface area contributed by atoms with Gasteiger partial charge in [0, 0.05) is 6.20 Å². The molecule has 17 heavy (non-hydrogen) atoms. The van der Waals surface area contributed by atoms with Crippen LogP contribution in [0.25, 0.3) is 0 Å². The van der Waals surface area contributed by atoms with Crippen LogP contribution in [0.3, 0.4) is 0 Å². The number of carbonyl (C=O) groups excluding carboxylic acids is 2. The van der Waals surface area contributed by atoms with Crippen LogP contribution in [0.5, 0.6) is 0 Å². The van der Waals surface area contributed by atoms with Gasteiger partial charge in [0.05, 0.1) is 17.4 Å². The van der Waals surface area contributed by atoms with Crippen LogP contribution in [0.1, 0.15) is 24.2 Å². The van der Waals surface area contributed by atoms with E-state index < -0.39 is 17.9 Å². The number of primary amides is 1. The van der Waals surface area contributed by atoms with E-state index in [-0.39, 0.29) is 17.2 Å². The molecule has 92 valence electrons. The van der Waals surface area contributed by atoms with Gasteiger partial charge in [-0.05, 0) is 12.0 Å². The van der Waals surface area contributed by atoms with Crippen LogP contribution < -0.4 is 16.8 Å². The lowest BCUT2D eigenvalue weighted by molar-refractivity contribution is -0.120. The SMILES string of the molecule is CC(C)C(NC(=O)c1ccncc1N)C(N)=O. The second-order valence-corrected chi connectivity index (χ2v) is 4.06. The first-order valence-electron chi connectivity index (χ1n) is 5.23. The molecule has 0 fully saturated rings. The number of amides is 2. The first-order chi connectivity index (χ1) is 7.93. The summed E-state index contributed by atoms with van der Waals surface area (Å²) in [6, 6.07) is 0.776. The number of nitrogens with zero attached hydrogens (tertiary/aromatic N) is 1. The molecule has 0 bridgehead atoms. The average Bonchev–Trinajstić information content (AvgIpc) is 2.25. The predicted molar refractivity (Wildman–Crippen MR) is 63.9 cm³/mol. The molecule has 0 spiro atoms. The fourth-order valence-electron chi connectivity index (χ4n) is 1.40. The van der Waals surface area contributed by atoms with E-state index in [0.717, 1.165) is 0 Å². The third-order valence-corrected chi connectivity index (χ3v) is 2.36. The summed E-state index contributed by atoms with van der Waals surface area (Å²) in [4.78, 5) is 26.8. The Morgan fingerprint density at radius 2 is 2.06 bits per heavy atom. The topological polar surface area (TPSA) is 111 Å². The monoisotopic (exact) mass is 236 g/mol. The van der Waals surface area contributed by atoms with Crippen molar-refractivity contribution in [1.82, 2.24) is 10.3 Å². The normalized spacial score (nSPS) is 12.2. The molecule has 6 heteroatoms. The molecule has 0 aliphatic heterocycles. The standard InChI is InChI=1S/C11H16N4O2/c1-6(2)9(10(13)16)15-11(17)7-3-4-14-5-8(7)12/h3-6,9H,12H2,1-2H3,(H2,13,16)(H,15,17). The number of anilines is 1. The molecule has 0 aliphatic rings. The summed E-state index contributed by atoms with van der Waals surface area (Å²) >= 11 is 0. The highest BCUT2D eigenvalue weighted by Gasteiger charge is 2.22. The average molecular weight is 236 g/mol. The summed E-state index contributed by atoms with van der Waals surface area (Å²) in [5, 5.41) is 2.55. The molecular weight excluding hydrogens is 220 g/mol. The zero-order valence-corrected chi connectivity index (χ0v) is 9.81. The van der Waals surface area contributed by atoms with Crippen molar-refractivity contribution in [3.8, 4) is 0 Å². The first-order valence-corrected chi connectivity index (χ1v) is 5.23. The van der Waals surface area contributed by atoms with E-state index in [1.54, 1.807) is 13.8 Å². The zero-order chi connectivity index (χ0) is 13.0. The first kappa shape index (κ1) is 13.0. The quantitative estimate of drug-likeness (QED) is 0.678. The van der Waals surface area contributed by atoms with E-state index >= 15 is 0 Å². The smallest absolute Gasteiger partial charge is 0.254 e. The molecule has 1 heterocycles. The number of carbonyl (C=O) groups is 2. The highest BCUT2D eigenvalue weighted by Crippen LogP contribution is 2.10. The number of hydrogen-bond donors (Lipinski definition) is 3. The Bertz CT molecular complexity index is 431. The highest BCUT2D eigenvalue weighted by molar-refractivity contribution is 6.01. The lowest BCUT2D eigenvalue weighted by atomic mass is 10.0. The van der Waals surface area contributed by atoms with Gasteiger partial charge in [-0.2, -0.15) is 0 Å². The second-order valence-electron chi connectivity index (χ2n) is 4.06. The molecular formula is C11H16N4O2. The zero-order valence-electron chi connectivity index (χ0n) is 9.81. The van der Waals surface area contributed by atoms with Gasteiger partial charge in [0.2, 0.25) is 5.91 Å². The maximum Gasteiger partial charge on any atom is 0.254 e. The van der Waals surface area contributed by atoms with Crippen molar-refractivity contribution < 1.29 is 9.59 Å². The molecule has 0 radical (unpaired) electrons. The molecule has 6 nitrogen and oxygen atoms in total. The fourth-order valence-corrected chi connectivity index (χ4v) is 1.40. The second kappa shape index (κ2) is 5.29. The molecule has 0 aliphatic carbocycles. The van der Waals surface area contributed by atoms with Crippen LogP contribution in [0, 0.1) is 5.92 Å². The van der Waals surface area contributed by atoms with Gasteiger partial charge in [0.15, 0.2) is 0 Å². The Hall–Kier alpha value is -2.11.